The van der Waals surface area contributed by atoms with E-state index in [2.05, 4.69) is 5.32 Å². The van der Waals surface area contributed by atoms with Gasteiger partial charge < -0.3 is 15.2 Å². The summed E-state index contributed by atoms with van der Waals surface area (Å²) in [6.07, 6.45) is 0.296. The minimum atomic E-state index is -0.942. The molecule has 0 aromatic heterocycles. The Balaban J connectivity index is 1.89. The number of hydrogen-bond donors (Lipinski definition) is 2. The molecule has 26 heavy (non-hydrogen) atoms. The van der Waals surface area contributed by atoms with E-state index in [4.69, 9.17) is 4.74 Å². The molecule has 0 aliphatic carbocycles. The van der Waals surface area contributed by atoms with Gasteiger partial charge in [-0.05, 0) is 36.6 Å². The molecule has 0 spiro atoms. The molecule has 1 atom stereocenters. The molecule has 0 fully saturated rings. The third kappa shape index (κ3) is 5.81. The van der Waals surface area contributed by atoms with Crippen LogP contribution in [0, 0.1) is 12.8 Å². The van der Waals surface area contributed by atoms with Gasteiger partial charge in [0.15, 0.2) is 0 Å². The third-order valence-corrected chi connectivity index (χ3v) is 5.18. The Kier molecular flexibility index (Phi) is 7.53. The number of carboxylic acids is 1. The lowest BCUT2D eigenvalue weighted by molar-refractivity contribution is -0.141. The predicted octanol–water partition coefficient (Wildman–Crippen LogP) is 3.16. The molecule has 2 aromatic rings. The molecule has 0 bridgehead atoms. The van der Waals surface area contributed by atoms with Gasteiger partial charge in [0, 0.05) is 11.4 Å². The van der Waals surface area contributed by atoms with Gasteiger partial charge in [-0.3, -0.25) is 9.59 Å². The van der Waals surface area contributed by atoms with Crippen molar-refractivity contribution in [2.24, 2.45) is 5.92 Å². The van der Waals surface area contributed by atoms with Crippen molar-refractivity contribution in [2.75, 3.05) is 19.4 Å². The molecule has 0 radical (unpaired) electrons. The van der Waals surface area contributed by atoms with Gasteiger partial charge in [-0.25, -0.2) is 0 Å². The van der Waals surface area contributed by atoms with Gasteiger partial charge in [-0.1, -0.05) is 36.4 Å². The molecule has 138 valence electrons. The van der Waals surface area contributed by atoms with Crippen molar-refractivity contribution in [3.63, 3.8) is 0 Å². The van der Waals surface area contributed by atoms with Crippen molar-refractivity contribution in [3.05, 3.63) is 59.7 Å². The number of aliphatic carboxylic acids is 1. The van der Waals surface area contributed by atoms with Crippen LogP contribution in [0.2, 0.25) is 0 Å². The van der Waals surface area contributed by atoms with Crippen LogP contribution in [0.3, 0.4) is 0 Å². The van der Waals surface area contributed by atoms with E-state index < -0.39 is 11.9 Å². The average Bonchev–Trinajstić information content (AvgIpc) is 2.64. The number of methoxy groups -OCH3 is 1. The summed E-state index contributed by atoms with van der Waals surface area (Å²) in [7, 11) is 1.55. The highest BCUT2D eigenvalue weighted by atomic mass is 32.2. The average molecular weight is 373 g/mol. The van der Waals surface area contributed by atoms with Gasteiger partial charge in [0.05, 0.1) is 18.8 Å². The van der Waals surface area contributed by atoms with E-state index in [1.165, 1.54) is 11.8 Å². The Morgan fingerprint density at radius 2 is 1.85 bits per heavy atom. The number of ether oxygens (including phenoxy) is 1. The minimum Gasteiger partial charge on any atom is -0.496 e. The molecule has 2 N–H and O–H groups in total. The largest absolute Gasteiger partial charge is 0.496 e. The van der Waals surface area contributed by atoms with Gasteiger partial charge in [0.25, 0.3) is 0 Å². The second kappa shape index (κ2) is 9.87. The molecule has 6 heteroatoms. The van der Waals surface area contributed by atoms with Gasteiger partial charge >= 0.3 is 5.97 Å². The molecule has 0 aliphatic rings. The molecule has 0 saturated carbocycles. The third-order valence-electron chi connectivity index (χ3n) is 4.01. The number of para-hydroxylation sites is 1. The number of aryl methyl sites for hydroxylation is 1. The van der Waals surface area contributed by atoms with Crippen LogP contribution < -0.4 is 10.1 Å². The Labute approximate surface area is 157 Å². The second-order valence-corrected chi connectivity index (χ2v) is 6.93. The van der Waals surface area contributed by atoms with E-state index >= 15 is 0 Å². The normalized spacial score (nSPS) is 11.6. The first kappa shape index (κ1) is 19.8. The summed E-state index contributed by atoms with van der Waals surface area (Å²) >= 11 is 1.45. The van der Waals surface area contributed by atoms with Crippen molar-refractivity contribution in [1.82, 2.24) is 5.32 Å². The molecule has 0 aliphatic heterocycles. The highest BCUT2D eigenvalue weighted by molar-refractivity contribution is 8.00. The zero-order chi connectivity index (χ0) is 18.9. The van der Waals surface area contributed by atoms with Crippen molar-refractivity contribution in [1.29, 1.82) is 0 Å². The number of benzene rings is 2. The Bertz CT molecular complexity index is 763. The number of rotatable bonds is 9. The quantitative estimate of drug-likeness (QED) is 0.661. The SMILES string of the molecule is COc1ccccc1CC(CNC(=O)CSc1ccccc1C)C(=O)O. The van der Waals surface area contributed by atoms with Crippen LogP contribution in [0.4, 0.5) is 0 Å². The summed E-state index contributed by atoms with van der Waals surface area (Å²) in [5.74, 6) is -0.919. The topological polar surface area (TPSA) is 75.6 Å². The van der Waals surface area contributed by atoms with Crippen LogP contribution in [0.1, 0.15) is 11.1 Å². The fourth-order valence-electron chi connectivity index (χ4n) is 2.53. The summed E-state index contributed by atoms with van der Waals surface area (Å²) in [6.45, 7) is 2.08. The van der Waals surface area contributed by atoms with Gasteiger partial charge in [0.2, 0.25) is 5.91 Å². The van der Waals surface area contributed by atoms with Crippen LogP contribution in [0.25, 0.3) is 0 Å². The molecule has 2 aromatic carbocycles. The van der Waals surface area contributed by atoms with Crippen LogP contribution in [0.5, 0.6) is 5.75 Å². The lowest BCUT2D eigenvalue weighted by Gasteiger charge is -2.15. The molecule has 5 nitrogen and oxygen atoms in total. The van der Waals surface area contributed by atoms with Crippen molar-refractivity contribution in [2.45, 2.75) is 18.2 Å². The Morgan fingerprint density at radius 1 is 1.15 bits per heavy atom. The van der Waals surface area contributed by atoms with Crippen LogP contribution in [0.15, 0.2) is 53.4 Å². The van der Waals surface area contributed by atoms with Crippen LogP contribution in [-0.4, -0.2) is 36.4 Å². The molecule has 0 saturated heterocycles. The predicted molar refractivity (Wildman–Crippen MR) is 103 cm³/mol. The maximum atomic E-state index is 12.1. The van der Waals surface area contributed by atoms with E-state index in [1.807, 2.05) is 49.4 Å². The second-order valence-electron chi connectivity index (χ2n) is 5.91. The molecule has 1 unspecified atom stereocenters. The fourth-order valence-corrected chi connectivity index (χ4v) is 3.39. The maximum absolute atomic E-state index is 12.1. The van der Waals surface area contributed by atoms with Crippen molar-refractivity contribution in [3.8, 4) is 5.75 Å². The van der Waals surface area contributed by atoms with Crippen molar-refractivity contribution < 1.29 is 19.4 Å². The highest BCUT2D eigenvalue weighted by Crippen LogP contribution is 2.22. The summed E-state index contributed by atoms with van der Waals surface area (Å²) in [5.41, 5.74) is 1.93. The molecular formula is C20H23NO4S. The lowest BCUT2D eigenvalue weighted by atomic mass is 9.98. The van der Waals surface area contributed by atoms with E-state index in [0.29, 0.717) is 12.2 Å². The number of hydrogen-bond acceptors (Lipinski definition) is 4. The van der Waals surface area contributed by atoms with E-state index in [-0.39, 0.29) is 18.2 Å². The standard InChI is InChI=1S/C20H23NO4S/c1-14-7-3-6-10-18(14)26-13-19(22)21-12-16(20(23)24)11-15-8-4-5-9-17(15)25-2/h3-10,16H,11-13H2,1-2H3,(H,21,22)(H,23,24). The number of carbonyl (C=O) groups excluding carboxylic acids is 1. The highest BCUT2D eigenvalue weighted by Gasteiger charge is 2.20. The first-order valence-electron chi connectivity index (χ1n) is 8.31. The molecule has 2 rings (SSSR count). The summed E-state index contributed by atoms with van der Waals surface area (Å²) < 4.78 is 5.27. The molecule has 1 amide bonds. The first-order chi connectivity index (χ1) is 12.5. The lowest BCUT2D eigenvalue weighted by Crippen LogP contribution is -2.35. The van der Waals surface area contributed by atoms with Gasteiger partial charge in [-0.2, -0.15) is 0 Å². The number of nitrogens with one attached hydrogen (secondary N) is 1. The van der Waals surface area contributed by atoms with Crippen LogP contribution >= 0.6 is 11.8 Å². The summed E-state index contributed by atoms with van der Waals surface area (Å²) in [5, 5.41) is 12.2. The minimum absolute atomic E-state index is 0.0839. The molecule has 0 heterocycles. The summed E-state index contributed by atoms with van der Waals surface area (Å²) in [4.78, 5) is 24.7. The smallest absolute Gasteiger partial charge is 0.308 e. The zero-order valence-electron chi connectivity index (χ0n) is 14.9. The van der Waals surface area contributed by atoms with Crippen molar-refractivity contribution >= 4 is 23.6 Å². The molecular weight excluding hydrogens is 350 g/mol. The van der Waals surface area contributed by atoms with Gasteiger partial charge in [-0.15, -0.1) is 11.8 Å². The number of carbonyl (C=O) groups is 2. The Hall–Kier alpha value is -2.47. The van der Waals surface area contributed by atoms with E-state index in [1.54, 1.807) is 13.2 Å². The van der Waals surface area contributed by atoms with E-state index in [0.717, 1.165) is 16.0 Å². The number of amides is 1. The maximum Gasteiger partial charge on any atom is 0.308 e. The van der Waals surface area contributed by atoms with E-state index in [9.17, 15) is 14.7 Å². The zero-order valence-corrected chi connectivity index (χ0v) is 15.7. The first-order valence-corrected chi connectivity index (χ1v) is 9.29. The summed E-state index contributed by atoms with van der Waals surface area (Å²) in [6, 6.07) is 15.2. The number of thioether (sulfide) groups is 1. The van der Waals surface area contributed by atoms with Crippen LogP contribution in [-0.2, 0) is 16.0 Å². The monoisotopic (exact) mass is 373 g/mol. The van der Waals surface area contributed by atoms with Gasteiger partial charge in [0.1, 0.15) is 5.75 Å². The Morgan fingerprint density at radius 3 is 2.54 bits per heavy atom. The number of carboxylic acid groups (broad SMARTS) is 1. The fraction of sp³-hybridized carbons (Fsp3) is 0.300.